The highest BCUT2D eigenvalue weighted by molar-refractivity contribution is 5.89. The average molecular weight is 222 g/mol. The lowest BCUT2D eigenvalue weighted by atomic mass is 10.2. The van der Waals surface area contributed by atoms with Crippen molar-refractivity contribution in [1.29, 1.82) is 0 Å². The summed E-state index contributed by atoms with van der Waals surface area (Å²) in [6.07, 6.45) is 2.32. The van der Waals surface area contributed by atoms with Crippen molar-refractivity contribution in [3.8, 4) is 0 Å². The fraction of sp³-hybridized carbons (Fsp3) is 0.462. The van der Waals surface area contributed by atoms with Gasteiger partial charge in [-0.3, -0.25) is 0 Å². The third-order valence-corrected chi connectivity index (χ3v) is 2.34. The molecule has 3 nitrogen and oxygen atoms in total. The van der Waals surface area contributed by atoms with Crippen LogP contribution in [0.4, 0.5) is 0 Å². The standard InChI is InChI=1S/C13H18O3/c1-11(7-5-6-10-14)16-13(15)12-8-3-2-4-9-12/h2-4,8-9,11,14H,5-7,10H2,1H3/t11-/m1/s1. The number of carbonyl (C=O) groups excluding carboxylic acids is 1. The van der Waals surface area contributed by atoms with E-state index < -0.39 is 0 Å². The summed E-state index contributed by atoms with van der Waals surface area (Å²) in [5, 5.41) is 8.63. The van der Waals surface area contributed by atoms with Gasteiger partial charge < -0.3 is 9.84 Å². The maximum Gasteiger partial charge on any atom is 0.338 e. The molecule has 0 aliphatic carbocycles. The van der Waals surface area contributed by atoms with Crippen LogP contribution in [0.1, 0.15) is 36.5 Å². The van der Waals surface area contributed by atoms with Crippen LogP contribution in [0.25, 0.3) is 0 Å². The number of benzene rings is 1. The number of esters is 1. The Morgan fingerprint density at radius 3 is 2.62 bits per heavy atom. The van der Waals surface area contributed by atoms with Gasteiger partial charge in [0.2, 0.25) is 0 Å². The van der Waals surface area contributed by atoms with Gasteiger partial charge in [-0.15, -0.1) is 0 Å². The zero-order valence-electron chi connectivity index (χ0n) is 9.56. The predicted molar refractivity (Wildman–Crippen MR) is 62.3 cm³/mol. The van der Waals surface area contributed by atoms with Crippen molar-refractivity contribution in [2.45, 2.75) is 32.3 Å². The van der Waals surface area contributed by atoms with Crippen LogP contribution in [0.5, 0.6) is 0 Å². The van der Waals surface area contributed by atoms with Crippen LogP contribution in [0.3, 0.4) is 0 Å². The molecular weight excluding hydrogens is 204 g/mol. The van der Waals surface area contributed by atoms with E-state index in [0.717, 1.165) is 19.3 Å². The van der Waals surface area contributed by atoms with Gasteiger partial charge in [-0.05, 0) is 38.3 Å². The Morgan fingerprint density at radius 2 is 2.00 bits per heavy atom. The monoisotopic (exact) mass is 222 g/mol. The van der Waals surface area contributed by atoms with Crippen LogP contribution in [-0.2, 0) is 4.74 Å². The normalized spacial score (nSPS) is 12.1. The van der Waals surface area contributed by atoms with Crippen molar-refractivity contribution in [2.75, 3.05) is 6.61 Å². The molecule has 88 valence electrons. The molecule has 0 aliphatic heterocycles. The molecule has 0 unspecified atom stereocenters. The average Bonchev–Trinajstić information content (AvgIpc) is 2.30. The summed E-state index contributed by atoms with van der Waals surface area (Å²) in [5.41, 5.74) is 0.580. The number of unbranched alkanes of at least 4 members (excludes halogenated alkanes) is 1. The zero-order chi connectivity index (χ0) is 11.8. The van der Waals surface area contributed by atoms with Gasteiger partial charge in [0.1, 0.15) is 0 Å². The van der Waals surface area contributed by atoms with Crippen molar-refractivity contribution in [2.24, 2.45) is 0 Å². The third-order valence-electron chi connectivity index (χ3n) is 2.34. The first-order valence-corrected chi connectivity index (χ1v) is 5.61. The Bertz CT molecular complexity index is 308. The lowest BCUT2D eigenvalue weighted by molar-refractivity contribution is 0.0317. The maximum atomic E-state index is 11.6. The molecule has 0 aromatic heterocycles. The smallest absolute Gasteiger partial charge is 0.338 e. The van der Waals surface area contributed by atoms with Crippen LogP contribution >= 0.6 is 0 Å². The second-order valence-corrected chi connectivity index (χ2v) is 3.80. The molecule has 3 heteroatoms. The molecule has 1 N–H and O–H groups in total. The molecule has 0 bridgehead atoms. The highest BCUT2D eigenvalue weighted by Crippen LogP contribution is 2.08. The fourth-order valence-electron chi connectivity index (χ4n) is 1.43. The number of ether oxygens (including phenoxy) is 1. The van der Waals surface area contributed by atoms with Gasteiger partial charge in [-0.1, -0.05) is 18.2 Å². The lowest BCUT2D eigenvalue weighted by Gasteiger charge is -2.12. The first-order valence-electron chi connectivity index (χ1n) is 5.61. The van der Waals surface area contributed by atoms with E-state index >= 15 is 0 Å². The number of carbonyl (C=O) groups is 1. The summed E-state index contributed by atoms with van der Waals surface area (Å²) in [4.78, 5) is 11.6. The molecule has 0 saturated heterocycles. The van der Waals surface area contributed by atoms with Crippen molar-refractivity contribution in [3.05, 3.63) is 35.9 Å². The molecule has 0 aliphatic rings. The van der Waals surface area contributed by atoms with Crippen molar-refractivity contribution in [3.63, 3.8) is 0 Å². The van der Waals surface area contributed by atoms with Crippen LogP contribution in [0, 0.1) is 0 Å². The quantitative estimate of drug-likeness (QED) is 0.594. The number of aliphatic hydroxyl groups excluding tert-OH is 1. The molecule has 0 spiro atoms. The summed E-state index contributed by atoms with van der Waals surface area (Å²) >= 11 is 0. The second-order valence-electron chi connectivity index (χ2n) is 3.80. The summed E-state index contributed by atoms with van der Waals surface area (Å²) in [7, 11) is 0. The van der Waals surface area contributed by atoms with E-state index in [1.165, 1.54) is 0 Å². The molecule has 0 radical (unpaired) electrons. The van der Waals surface area contributed by atoms with Gasteiger partial charge >= 0.3 is 5.97 Å². The maximum absolute atomic E-state index is 11.6. The number of rotatable bonds is 6. The fourth-order valence-corrected chi connectivity index (χ4v) is 1.43. The Labute approximate surface area is 96.1 Å². The molecule has 1 aromatic rings. The van der Waals surface area contributed by atoms with Crippen molar-refractivity contribution >= 4 is 5.97 Å². The van der Waals surface area contributed by atoms with Gasteiger partial charge in [-0.2, -0.15) is 0 Å². The van der Waals surface area contributed by atoms with E-state index in [0.29, 0.717) is 5.56 Å². The second kappa shape index (κ2) is 7.01. The van der Waals surface area contributed by atoms with E-state index in [2.05, 4.69) is 0 Å². The minimum atomic E-state index is -0.280. The molecule has 0 heterocycles. The summed E-state index contributed by atoms with van der Waals surface area (Å²) in [6, 6.07) is 8.97. The highest BCUT2D eigenvalue weighted by Gasteiger charge is 2.10. The van der Waals surface area contributed by atoms with Crippen LogP contribution in [0.2, 0.25) is 0 Å². The van der Waals surface area contributed by atoms with Crippen LogP contribution in [-0.4, -0.2) is 23.8 Å². The Balaban J connectivity index is 2.34. The summed E-state index contributed by atoms with van der Waals surface area (Å²) < 4.78 is 5.26. The van der Waals surface area contributed by atoms with Gasteiger partial charge in [0, 0.05) is 6.61 Å². The first kappa shape index (κ1) is 12.7. The Hall–Kier alpha value is -1.35. The Kier molecular flexibility index (Phi) is 5.57. The van der Waals surface area contributed by atoms with Gasteiger partial charge in [0.25, 0.3) is 0 Å². The van der Waals surface area contributed by atoms with E-state index in [9.17, 15) is 4.79 Å². The van der Waals surface area contributed by atoms with E-state index in [4.69, 9.17) is 9.84 Å². The van der Waals surface area contributed by atoms with Crippen molar-refractivity contribution in [1.82, 2.24) is 0 Å². The van der Waals surface area contributed by atoms with Crippen molar-refractivity contribution < 1.29 is 14.6 Å². The van der Waals surface area contributed by atoms with Gasteiger partial charge in [-0.25, -0.2) is 4.79 Å². The minimum Gasteiger partial charge on any atom is -0.459 e. The summed E-state index contributed by atoms with van der Waals surface area (Å²) in [6.45, 7) is 2.07. The Morgan fingerprint density at radius 1 is 1.31 bits per heavy atom. The van der Waals surface area contributed by atoms with Gasteiger partial charge in [0.15, 0.2) is 0 Å². The largest absolute Gasteiger partial charge is 0.459 e. The number of hydrogen-bond donors (Lipinski definition) is 1. The molecule has 16 heavy (non-hydrogen) atoms. The molecular formula is C13H18O3. The molecule has 1 aromatic carbocycles. The van der Waals surface area contributed by atoms with Crippen LogP contribution in [0.15, 0.2) is 30.3 Å². The van der Waals surface area contributed by atoms with Crippen LogP contribution < -0.4 is 0 Å². The first-order chi connectivity index (χ1) is 7.74. The molecule has 0 fully saturated rings. The van der Waals surface area contributed by atoms with E-state index in [1.807, 2.05) is 25.1 Å². The number of hydrogen-bond acceptors (Lipinski definition) is 3. The molecule has 1 atom stereocenters. The highest BCUT2D eigenvalue weighted by atomic mass is 16.5. The van der Waals surface area contributed by atoms with E-state index in [-0.39, 0.29) is 18.7 Å². The molecule has 0 amide bonds. The summed E-state index contributed by atoms with van der Waals surface area (Å²) in [5.74, 6) is -0.280. The van der Waals surface area contributed by atoms with Gasteiger partial charge in [0.05, 0.1) is 11.7 Å². The molecule has 1 rings (SSSR count). The lowest BCUT2D eigenvalue weighted by Crippen LogP contribution is -2.15. The minimum absolute atomic E-state index is 0.0979. The molecule has 0 saturated carbocycles. The third kappa shape index (κ3) is 4.45. The van der Waals surface area contributed by atoms with E-state index in [1.54, 1.807) is 12.1 Å². The number of aliphatic hydroxyl groups is 1. The zero-order valence-corrected chi connectivity index (χ0v) is 9.56. The SMILES string of the molecule is C[C@H](CCCCO)OC(=O)c1ccccc1. The topological polar surface area (TPSA) is 46.5 Å². The predicted octanol–water partition coefficient (Wildman–Crippen LogP) is 2.39.